The first kappa shape index (κ1) is 11.6. The first-order valence-corrected chi connectivity index (χ1v) is 2.94. The number of halogens is 1. The predicted molar refractivity (Wildman–Crippen MR) is 43.8 cm³/mol. The minimum atomic E-state index is 0. The van der Waals surface area contributed by atoms with Crippen molar-refractivity contribution in [1.29, 1.82) is 0 Å². The van der Waals surface area contributed by atoms with Crippen molar-refractivity contribution in [2.75, 3.05) is 6.54 Å². The van der Waals surface area contributed by atoms with Gasteiger partial charge in [0, 0.05) is 19.0 Å². The van der Waals surface area contributed by atoms with Crippen LogP contribution in [-0.2, 0) is 0 Å². The lowest BCUT2D eigenvalue weighted by atomic mass is 10.3. The van der Waals surface area contributed by atoms with E-state index in [2.05, 4.69) is 25.1 Å². The highest BCUT2D eigenvalue weighted by atomic mass is 35.5. The maximum atomic E-state index is 5.02. The Morgan fingerprint density at radius 3 is 2.44 bits per heavy atom. The van der Waals surface area contributed by atoms with Gasteiger partial charge in [-0.2, -0.15) is 0 Å². The number of terminal acetylenes is 1. The molecule has 1 nitrogen and oxygen atoms in total. The Bertz CT molecular complexity index is 83.4. The molecule has 0 saturated heterocycles. The summed E-state index contributed by atoms with van der Waals surface area (Å²) in [6, 6.07) is 0.559. The first-order valence-electron chi connectivity index (χ1n) is 2.94. The maximum Gasteiger partial charge on any atom is 0.0211 e. The lowest BCUT2D eigenvalue weighted by molar-refractivity contribution is 0.598. The van der Waals surface area contributed by atoms with Crippen molar-refractivity contribution in [3.8, 4) is 12.3 Å². The summed E-state index contributed by atoms with van der Waals surface area (Å²) in [4.78, 5) is 0. The molecule has 0 aromatic heterocycles. The summed E-state index contributed by atoms with van der Waals surface area (Å²) in [5.41, 5.74) is 0. The highest BCUT2D eigenvalue weighted by Crippen LogP contribution is 1.76. The molecular weight excluding hydrogens is 134 g/mol. The van der Waals surface area contributed by atoms with Crippen LogP contribution in [0.2, 0.25) is 0 Å². The number of rotatable bonds is 3. The molecule has 0 heterocycles. The van der Waals surface area contributed by atoms with Crippen molar-refractivity contribution in [2.45, 2.75) is 26.3 Å². The Balaban J connectivity index is 0. The molecule has 0 unspecified atom stereocenters. The second-order valence-corrected chi connectivity index (χ2v) is 2.06. The van der Waals surface area contributed by atoms with E-state index in [0.29, 0.717) is 6.04 Å². The summed E-state index contributed by atoms with van der Waals surface area (Å²) in [6.45, 7) is 5.15. The Morgan fingerprint density at radius 2 is 2.11 bits per heavy atom. The fraction of sp³-hybridized carbons (Fsp3) is 0.714. The second-order valence-electron chi connectivity index (χ2n) is 2.06. The predicted octanol–water partition coefficient (Wildman–Crippen LogP) is 1.43. The lowest BCUT2D eigenvalue weighted by Gasteiger charge is -2.03. The molecule has 9 heavy (non-hydrogen) atoms. The average Bonchev–Trinajstić information content (AvgIpc) is 1.66. The molecule has 0 bridgehead atoms. The molecule has 0 atom stereocenters. The number of nitrogens with one attached hydrogen (secondary N) is 1. The van der Waals surface area contributed by atoms with Crippen LogP contribution < -0.4 is 5.32 Å². The molecule has 0 amide bonds. The molecule has 0 aliphatic heterocycles. The Morgan fingerprint density at radius 1 is 1.56 bits per heavy atom. The van der Waals surface area contributed by atoms with Gasteiger partial charge in [0.15, 0.2) is 0 Å². The summed E-state index contributed by atoms with van der Waals surface area (Å²) >= 11 is 0. The van der Waals surface area contributed by atoms with E-state index in [9.17, 15) is 0 Å². The summed E-state index contributed by atoms with van der Waals surface area (Å²) < 4.78 is 0. The van der Waals surface area contributed by atoms with Crippen LogP contribution in [0.25, 0.3) is 0 Å². The van der Waals surface area contributed by atoms with E-state index in [1.165, 1.54) is 0 Å². The van der Waals surface area contributed by atoms with Crippen LogP contribution in [0.4, 0.5) is 0 Å². The smallest absolute Gasteiger partial charge is 0.0211 e. The van der Waals surface area contributed by atoms with Crippen molar-refractivity contribution in [2.24, 2.45) is 0 Å². The van der Waals surface area contributed by atoms with Crippen molar-refractivity contribution in [1.82, 2.24) is 5.32 Å². The molecule has 0 aliphatic rings. The minimum Gasteiger partial charge on any atom is -0.314 e. The first-order chi connectivity index (χ1) is 3.77. The topological polar surface area (TPSA) is 12.0 Å². The third-order valence-electron chi connectivity index (χ3n) is 0.822. The van der Waals surface area contributed by atoms with Crippen LogP contribution in [0.3, 0.4) is 0 Å². The fourth-order valence-corrected chi connectivity index (χ4v) is 0.433. The fourth-order valence-electron chi connectivity index (χ4n) is 0.433. The van der Waals surface area contributed by atoms with Crippen LogP contribution in [0.15, 0.2) is 0 Å². The SMILES string of the molecule is C#CCCNC(C)C.Cl. The third-order valence-corrected chi connectivity index (χ3v) is 0.822. The zero-order valence-corrected chi connectivity index (χ0v) is 6.79. The molecular formula is C7H14ClN. The molecule has 0 aromatic rings. The van der Waals surface area contributed by atoms with Gasteiger partial charge in [0.2, 0.25) is 0 Å². The molecule has 0 saturated carbocycles. The van der Waals surface area contributed by atoms with Gasteiger partial charge < -0.3 is 5.32 Å². The van der Waals surface area contributed by atoms with Crippen molar-refractivity contribution in [3.05, 3.63) is 0 Å². The molecule has 0 aromatic carbocycles. The third kappa shape index (κ3) is 11.4. The second kappa shape index (κ2) is 7.81. The lowest BCUT2D eigenvalue weighted by Crippen LogP contribution is -2.23. The van der Waals surface area contributed by atoms with Crippen LogP contribution in [-0.4, -0.2) is 12.6 Å². The van der Waals surface area contributed by atoms with Gasteiger partial charge in [-0.1, -0.05) is 13.8 Å². The summed E-state index contributed by atoms with van der Waals surface area (Å²) in [7, 11) is 0. The average molecular weight is 148 g/mol. The molecule has 0 fully saturated rings. The normalized spacial score (nSPS) is 8.22. The van der Waals surface area contributed by atoms with Gasteiger partial charge in [-0.25, -0.2) is 0 Å². The largest absolute Gasteiger partial charge is 0.314 e. The van der Waals surface area contributed by atoms with Crippen LogP contribution in [0, 0.1) is 12.3 Å². The van der Waals surface area contributed by atoms with Gasteiger partial charge >= 0.3 is 0 Å². The highest BCUT2D eigenvalue weighted by Gasteiger charge is 1.86. The quantitative estimate of drug-likeness (QED) is 0.471. The zero-order chi connectivity index (χ0) is 6.41. The van der Waals surface area contributed by atoms with Gasteiger partial charge in [0.1, 0.15) is 0 Å². The molecule has 2 heteroatoms. The van der Waals surface area contributed by atoms with Gasteiger partial charge in [0.25, 0.3) is 0 Å². The van der Waals surface area contributed by atoms with Crippen LogP contribution in [0.5, 0.6) is 0 Å². The number of hydrogen-bond donors (Lipinski definition) is 1. The molecule has 54 valence electrons. The Hall–Kier alpha value is -0.190. The van der Waals surface area contributed by atoms with E-state index in [1.54, 1.807) is 0 Å². The van der Waals surface area contributed by atoms with Crippen molar-refractivity contribution >= 4 is 12.4 Å². The summed E-state index contributed by atoms with van der Waals surface area (Å²) in [6.07, 6.45) is 5.86. The highest BCUT2D eigenvalue weighted by molar-refractivity contribution is 5.85. The van der Waals surface area contributed by atoms with Crippen LogP contribution >= 0.6 is 12.4 Å². The monoisotopic (exact) mass is 147 g/mol. The van der Waals surface area contributed by atoms with Gasteiger partial charge in [-0.05, 0) is 0 Å². The standard InChI is InChI=1S/C7H13N.ClH/c1-4-5-6-8-7(2)3;/h1,7-8H,5-6H2,2-3H3;1H. The van der Waals surface area contributed by atoms with Gasteiger partial charge in [-0.3, -0.25) is 0 Å². The Kier molecular flexibility index (Phi) is 10.1. The molecule has 0 rings (SSSR count). The van der Waals surface area contributed by atoms with E-state index >= 15 is 0 Å². The van der Waals surface area contributed by atoms with E-state index in [4.69, 9.17) is 6.42 Å². The van der Waals surface area contributed by atoms with Gasteiger partial charge in [0.05, 0.1) is 0 Å². The van der Waals surface area contributed by atoms with E-state index in [-0.39, 0.29) is 12.4 Å². The summed E-state index contributed by atoms with van der Waals surface area (Å²) in [5.74, 6) is 2.56. The zero-order valence-electron chi connectivity index (χ0n) is 5.98. The van der Waals surface area contributed by atoms with E-state index in [0.717, 1.165) is 13.0 Å². The van der Waals surface area contributed by atoms with E-state index in [1.807, 2.05) is 0 Å². The number of hydrogen-bond acceptors (Lipinski definition) is 1. The summed E-state index contributed by atoms with van der Waals surface area (Å²) in [5, 5.41) is 3.20. The molecule has 0 aliphatic carbocycles. The van der Waals surface area contributed by atoms with Crippen molar-refractivity contribution in [3.63, 3.8) is 0 Å². The molecule has 1 N–H and O–H groups in total. The van der Waals surface area contributed by atoms with Crippen molar-refractivity contribution < 1.29 is 0 Å². The van der Waals surface area contributed by atoms with Gasteiger partial charge in [-0.15, -0.1) is 24.8 Å². The van der Waals surface area contributed by atoms with Crippen LogP contribution in [0.1, 0.15) is 20.3 Å². The maximum absolute atomic E-state index is 5.02. The Labute approximate surface area is 63.6 Å². The molecule has 0 spiro atoms. The minimum absolute atomic E-state index is 0. The molecule has 0 radical (unpaired) electrons. The van der Waals surface area contributed by atoms with E-state index < -0.39 is 0 Å².